The zero-order valence-corrected chi connectivity index (χ0v) is 10.0. The largest absolute Gasteiger partial charge is 0.461 e. The van der Waals surface area contributed by atoms with Crippen LogP contribution in [0.2, 0.25) is 0 Å². The van der Waals surface area contributed by atoms with Crippen molar-refractivity contribution in [1.29, 1.82) is 0 Å². The fourth-order valence-corrected chi connectivity index (χ4v) is 1.76. The lowest BCUT2D eigenvalue weighted by Crippen LogP contribution is -2.13. The van der Waals surface area contributed by atoms with Crippen LogP contribution < -0.4 is 5.43 Å². The van der Waals surface area contributed by atoms with Crippen LogP contribution in [0.5, 0.6) is 0 Å². The van der Waals surface area contributed by atoms with Crippen LogP contribution in [0.15, 0.2) is 29.1 Å². The average Bonchev–Trinajstić information content (AvgIpc) is 2.38. The summed E-state index contributed by atoms with van der Waals surface area (Å²) >= 11 is 0. The van der Waals surface area contributed by atoms with Crippen molar-refractivity contribution in [2.75, 3.05) is 6.61 Å². The molecular formula is C12H10N2O5. The van der Waals surface area contributed by atoms with Crippen molar-refractivity contribution in [3.8, 4) is 0 Å². The predicted octanol–water partition coefficient (Wildman–Crippen LogP) is 1.61. The minimum absolute atomic E-state index is 0.0279. The molecule has 0 fully saturated rings. The summed E-state index contributed by atoms with van der Waals surface area (Å²) in [5, 5.41) is 10.8. The molecule has 7 heteroatoms. The number of aromatic nitrogens is 1. The van der Waals surface area contributed by atoms with Gasteiger partial charge in [0, 0.05) is 12.1 Å². The number of pyridine rings is 1. The number of aromatic amines is 1. The maximum Gasteiger partial charge on any atom is 0.354 e. The van der Waals surface area contributed by atoms with Gasteiger partial charge in [-0.05, 0) is 13.0 Å². The smallest absolute Gasteiger partial charge is 0.354 e. The predicted molar refractivity (Wildman–Crippen MR) is 67.2 cm³/mol. The van der Waals surface area contributed by atoms with Crippen molar-refractivity contribution >= 4 is 22.6 Å². The number of hydrogen-bond donors (Lipinski definition) is 1. The third-order valence-corrected chi connectivity index (χ3v) is 2.53. The number of fused-ring (bicyclic) bond motifs is 1. The highest BCUT2D eigenvalue weighted by molar-refractivity contribution is 5.93. The summed E-state index contributed by atoms with van der Waals surface area (Å²) in [4.78, 5) is 36.3. The Hall–Kier alpha value is -2.70. The van der Waals surface area contributed by atoms with Gasteiger partial charge >= 0.3 is 5.97 Å². The highest BCUT2D eigenvalue weighted by atomic mass is 16.6. The Bertz CT molecular complexity index is 720. The van der Waals surface area contributed by atoms with Crippen molar-refractivity contribution in [2.45, 2.75) is 6.92 Å². The first-order valence-corrected chi connectivity index (χ1v) is 5.52. The number of ether oxygens (including phenoxy) is 1. The van der Waals surface area contributed by atoms with Gasteiger partial charge in [-0.15, -0.1) is 0 Å². The fraction of sp³-hybridized carbons (Fsp3) is 0.167. The Morgan fingerprint density at radius 2 is 2.21 bits per heavy atom. The molecule has 0 aliphatic carbocycles. The normalized spacial score (nSPS) is 10.4. The molecule has 98 valence electrons. The molecule has 0 atom stereocenters. The summed E-state index contributed by atoms with van der Waals surface area (Å²) < 4.78 is 4.77. The number of hydrogen-bond acceptors (Lipinski definition) is 5. The number of carbonyl (C=O) groups excluding carboxylic acids is 1. The van der Waals surface area contributed by atoms with E-state index in [0.717, 1.165) is 6.07 Å². The number of benzene rings is 1. The highest BCUT2D eigenvalue weighted by Crippen LogP contribution is 2.20. The van der Waals surface area contributed by atoms with Gasteiger partial charge in [-0.1, -0.05) is 6.07 Å². The number of esters is 1. The summed E-state index contributed by atoms with van der Waals surface area (Å²) in [7, 11) is 0. The number of nitro benzene ring substituents is 1. The second-order valence-corrected chi connectivity index (χ2v) is 3.72. The lowest BCUT2D eigenvalue weighted by Gasteiger charge is -2.04. The summed E-state index contributed by atoms with van der Waals surface area (Å²) in [6.45, 7) is 1.82. The van der Waals surface area contributed by atoms with Crippen LogP contribution >= 0.6 is 0 Å². The lowest BCUT2D eigenvalue weighted by molar-refractivity contribution is -0.383. The van der Waals surface area contributed by atoms with E-state index < -0.39 is 16.3 Å². The Balaban J connectivity index is 2.70. The first kappa shape index (κ1) is 12.7. The minimum Gasteiger partial charge on any atom is -0.461 e. The first-order chi connectivity index (χ1) is 9.04. The van der Waals surface area contributed by atoms with E-state index in [1.165, 1.54) is 18.2 Å². The van der Waals surface area contributed by atoms with E-state index in [2.05, 4.69) is 4.98 Å². The Morgan fingerprint density at radius 1 is 1.47 bits per heavy atom. The van der Waals surface area contributed by atoms with Gasteiger partial charge in [0.2, 0.25) is 0 Å². The minimum atomic E-state index is -0.673. The number of nitrogens with one attached hydrogen (secondary N) is 1. The number of rotatable bonds is 3. The molecule has 1 heterocycles. The van der Waals surface area contributed by atoms with Crippen molar-refractivity contribution in [2.24, 2.45) is 0 Å². The van der Waals surface area contributed by atoms with Crippen LogP contribution in [0, 0.1) is 10.1 Å². The maximum atomic E-state index is 11.9. The Morgan fingerprint density at radius 3 is 2.84 bits per heavy atom. The molecule has 0 spiro atoms. The second kappa shape index (κ2) is 4.89. The first-order valence-electron chi connectivity index (χ1n) is 5.52. The molecule has 1 N–H and O–H groups in total. The van der Waals surface area contributed by atoms with Gasteiger partial charge in [0.15, 0.2) is 5.43 Å². The van der Waals surface area contributed by atoms with Crippen LogP contribution in [0.25, 0.3) is 10.9 Å². The summed E-state index contributed by atoms with van der Waals surface area (Å²) in [5.41, 5.74) is -0.692. The lowest BCUT2D eigenvalue weighted by atomic mass is 10.1. The number of H-pyrrole nitrogens is 1. The monoisotopic (exact) mass is 262 g/mol. The zero-order chi connectivity index (χ0) is 14.0. The Labute approximate surface area is 107 Å². The van der Waals surface area contributed by atoms with Gasteiger partial charge in [-0.25, -0.2) is 4.79 Å². The maximum absolute atomic E-state index is 11.9. The van der Waals surface area contributed by atoms with E-state index in [0.29, 0.717) is 0 Å². The third-order valence-electron chi connectivity index (χ3n) is 2.53. The van der Waals surface area contributed by atoms with Gasteiger partial charge in [0.1, 0.15) is 11.1 Å². The molecule has 1 aromatic carbocycles. The van der Waals surface area contributed by atoms with E-state index >= 15 is 0 Å². The van der Waals surface area contributed by atoms with E-state index in [-0.39, 0.29) is 28.9 Å². The van der Waals surface area contributed by atoms with Crippen LogP contribution in [0.3, 0.4) is 0 Å². The molecule has 0 amide bonds. The fourth-order valence-electron chi connectivity index (χ4n) is 1.76. The molecule has 0 radical (unpaired) electrons. The van der Waals surface area contributed by atoms with Crippen molar-refractivity contribution < 1.29 is 14.5 Å². The number of carbonyl (C=O) groups is 1. The van der Waals surface area contributed by atoms with Gasteiger partial charge < -0.3 is 9.72 Å². The van der Waals surface area contributed by atoms with E-state index in [4.69, 9.17) is 4.74 Å². The summed E-state index contributed by atoms with van der Waals surface area (Å²) in [6.07, 6.45) is 0. The molecular weight excluding hydrogens is 252 g/mol. The quantitative estimate of drug-likeness (QED) is 0.514. The summed E-state index contributed by atoms with van der Waals surface area (Å²) in [5.74, 6) is -0.673. The topological polar surface area (TPSA) is 102 Å². The number of non-ortho nitro benzene ring substituents is 1. The molecule has 0 saturated carbocycles. The average molecular weight is 262 g/mol. The molecule has 0 saturated heterocycles. The molecule has 2 aromatic rings. The van der Waals surface area contributed by atoms with Crippen LogP contribution in [-0.4, -0.2) is 22.5 Å². The van der Waals surface area contributed by atoms with Crippen LogP contribution in [0.4, 0.5) is 5.69 Å². The van der Waals surface area contributed by atoms with Gasteiger partial charge in [-0.2, -0.15) is 0 Å². The zero-order valence-electron chi connectivity index (χ0n) is 10.0. The van der Waals surface area contributed by atoms with Crippen molar-refractivity contribution in [3.05, 3.63) is 50.3 Å². The Kier molecular flexibility index (Phi) is 3.28. The molecule has 1 aromatic heterocycles. The summed E-state index contributed by atoms with van der Waals surface area (Å²) in [6, 6.07) is 5.17. The molecule has 0 bridgehead atoms. The molecule has 7 nitrogen and oxygen atoms in total. The number of nitrogens with zero attached hydrogens (tertiary/aromatic N) is 1. The standard InChI is InChI=1S/C12H10N2O5/c1-2-19-12(16)8-6-10(15)11-7(13-8)4-3-5-9(11)14(17)18/h3-6H,2H2,1H3,(H,13,15). The van der Waals surface area contributed by atoms with E-state index in [9.17, 15) is 19.7 Å². The van der Waals surface area contributed by atoms with Gasteiger partial charge in [0.25, 0.3) is 5.69 Å². The third kappa shape index (κ3) is 2.30. The van der Waals surface area contributed by atoms with Crippen molar-refractivity contribution in [3.63, 3.8) is 0 Å². The highest BCUT2D eigenvalue weighted by Gasteiger charge is 2.17. The number of nitro groups is 1. The second-order valence-electron chi connectivity index (χ2n) is 3.72. The van der Waals surface area contributed by atoms with Gasteiger partial charge in [-0.3, -0.25) is 14.9 Å². The van der Waals surface area contributed by atoms with Crippen LogP contribution in [0.1, 0.15) is 17.4 Å². The van der Waals surface area contributed by atoms with Gasteiger partial charge in [0.05, 0.1) is 17.0 Å². The van der Waals surface area contributed by atoms with Crippen molar-refractivity contribution in [1.82, 2.24) is 4.98 Å². The molecule has 2 rings (SSSR count). The molecule has 0 aliphatic heterocycles. The van der Waals surface area contributed by atoms with E-state index in [1.54, 1.807) is 6.92 Å². The SMILES string of the molecule is CCOC(=O)c1cc(=O)c2c([N+](=O)[O-])cccc2[nH]1. The van der Waals surface area contributed by atoms with Crippen LogP contribution in [-0.2, 0) is 4.74 Å². The molecule has 0 unspecified atom stereocenters. The van der Waals surface area contributed by atoms with E-state index in [1.807, 2.05) is 0 Å². The molecule has 0 aliphatic rings. The molecule has 19 heavy (non-hydrogen) atoms.